The summed E-state index contributed by atoms with van der Waals surface area (Å²) >= 11 is 0. The van der Waals surface area contributed by atoms with E-state index >= 15 is 0 Å². The van der Waals surface area contributed by atoms with E-state index in [4.69, 9.17) is 9.47 Å². The van der Waals surface area contributed by atoms with Gasteiger partial charge in [0.25, 0.3) is 0 Å². The summed E-state index contributed by atoms with van der Waals surface area (Å²) in [4.78, 5) is 0. The number of rotatable bonds is 6. The Morgan fingerprint density at radius 2 is 1.65 bits per heavy atom. The molecule has 0 aliphatic rings. The fourth-order valence-electron chi connectivity index (χ4n) is 2.78. The molecule has 0 aliphatic carbocycles. The topological polar surface area (TPSA) is 18.5 Å². The SMILES string of the molecule is CCCc1ccc(C(F)(F)Oc2cc3ccc(OC)cc3cc2F)cc1. The van der Waals surface area contributed by atoms with Gasteiger partial charge in [0.15, 0.2) is 11.6 Å². The Hall–Kier alpha value is -2.69. The molecule has 0 aromatic heterocycles. The second kappa shape index (κ2) is 7.28. The molecule has 0 saturated heterocycles. The van der Waals surface area contributed by atoms with Crippen LogP contribution in [0.3, 0.4) is 0 Å². The third kappa shape index (κ3) is 3.77. The van der Waals surface area contributed by atoms with Crippen molar-refractivity contribution in [3.63, 3.8) is 0 Å². The number of benzene rings is 3. The van der Waals surface area contributed by atoms with Crippen LogP contribution < -0.4 is 9.47 Å². The highest BCUT2D eigenvalue weighted by Crippen LogP contribution is 2.35. The number of hydrogen-bond acceptors (Lipinski definition) is 2. The summed E-state index contributed by atoms with van der Waals surface area (Å²) in [5.41, 5.74) is 0.657. The van der Waals surface area contributed by atoms with E-state index in [0.29, 0.717) is 16.5 Å². The van der Waals surface area contributed by atoms with Crippen LogP contribution in [-0.2, 0) is 12.5 Å². The van der Waals surface area contributed by atoms with Crippen molar-refractivity contribution in [3.05, 3.63) is 71.5 Å². The molecular weight excluding hydrogens is 341 g/mol. The highest BCUT2D eigenvalue weighted by molar-refractivity contribution is 5.85. The van der Waals surface area contributed by atoms with Crippen LogP contribution >= 0.6 is 0 Å². The number of fused-ring (bicyclic) bond motifs is 1. The molecule has 0 bridgehead atoms. The molecule has 3 aromatic carbocycles. The Morgan fingerprint density at radius 1 is 0.923 bits per heavy atom. The van der Waals surface area contributed by atoms with Crippen molar-refractivity contribution < 1.29 is 22.6 Å². The maximum atomic E-state index is 14.4. The molecule has 2 nitrogen and oxygen atoms in total. The minimum Gasteiger partial charge on any atom is -0.497 e. The van der Waals surface area contributed by atoms with Crippen molar-refractivity contribution >= 4 is 10.8 Å². The summed E-state index contributed by atoms with van der Waals surface area (Å²) in [7, 11) is 1.50. The highest BCUT2D eigenvalue weighted by atomic mass is 19.3. The van der Waals surface area contributed by atoms with Crippen molar-refractivity contribution in [2.24, 2.45) is 0 Å². The highest BCUT2D eigenvalue weighted by Gasteiger charge is 2.35. The lowest BCUT2D eigenvalue weighted by atomic mass is 10.1. The van der Waals surface area contributed by atoms with Gasteiger partial charge in [-0.25, -0.2) is 4.39 Å². The average Bonchev–Trinajstić information content (AvgIpc) is 2.62. The van der Waals surface area contributed by atoms with Crippen LogP contribution in [0.25, 0.3) is 10.8 Å². The van der Waals surface area contributed by atoms with E-state index in [0.717, 1.165) is 24.5 Å². The molecule has 0 atom stereocenters. The first kappa shape index (κ1) is 18.1. The van der Waals surface area contributed by atoms with Crippen molar-refractivity contribution in [2.45, 2.75) is 25.9 Å². The fourth-order valence-corrected chi connectivity index (χ4v) is 2.78. The lowest BCUT2D eigenvalue weighted by Gasteiger charge is -2.19. The zero-order chi connectivity index (χ0) is 18.7. The second-order valence-corrected chi connectivity index (χ2v) is 6.06. The molecule has 0 heterocycles. The van der Waals surface area contributed by atoms with Gasteiger partial charge in [0, 0.05) is 0 Å². The lowest BCUT2D eigenvalue weighted by molar-refractivity contribution is -0.186. The molecule has 5 heteroatoms. The smallest absolute Gasteiger partial charge is 0.426 e. The number of alkyl halides is 2. The van der Waals surface area contributed by atoms with E-state index < -0.39 is 17.7 Å². The molecular formula is C21H19F3O2. The minimum absolute atomic E-state index is 0.313. The zero-order valence-corrected chi connectivity index (χ0v) is 14.6. The molecule has 3 rings (SSSR count). The van der Waals surface area contributed by atoms with Crippen LogP contribution in [0.2, 0.25) is 0 Å². The Morgan fingerprint density at radius 3 is 2.31 bits per heavy atom. The monoisotopic (exact) mass is 360 g/mol. The van der Waals surface area contributed by atoms with Gasteiger partial charge in [-0.3, -0.25) is 0 Å². The van der Waals surface area contributed by atoms with Crippen molar-refractivity contribution in [1.29, 1.82) is 0 Å². The van der Waals surface area contributed by atoms with Crippen LogP contribution in [0.1, 0.15) is 24.5 Å². The Labute approximate surface area is 150 Å². The average molecular weight is 360 g/mol. The van der Waals surface area contributed by atoms with Crippen LogP contribution in [0.5, 0.6) is 11.5 Å². The van der Waals surface area contributed by atoms with Gasteiger partial charge in [-0.05, 0) is 59.2 Å². The molecule has 0 N–H and O–H groups in total. The van der Waals surface area contributed by atoms with Gasteiger partial charge in [0.05, 0.1) is 12.7 Å². The quantitative estimate of drug-likeness (QED) is 0.531. The second-order valence-electron chi connectivity index (χ2n) is 6.06. The molecule has 3 aromatic rings. The normalized spacial score (nSPS) is 11.6. The van der Waals surface area contributed by atoms with Gasteiger partial charge >= 0.3 is 6.11 Å². The Bertz CT molecular complexity index is 905. The molecule has 0 aliphatic heterocycles. The standard InChI is InChI=1S/C21H19F3O2/c1-3-4-14-5-8-17(9-6-14)21(23,24)26-20-13-15-7-10-18(25-2)11-16(15)12-19(20)22/h5-13H,3-4H2,1-2H3. The Kier molecular flexibility index (Phi) is 5.07. The largest absolute Gasteiger partial charge is 0.497 e. The Balaban J connectivity index is 1.89. The molecule has 0 spiro atoms. The van der Waals surface area contributed by atoms with E-state index in [1.807, 2.05) is 6.92 Å². The van der Waals surface area contributed by atoms with Crippen LogP contribution in [0, 0.1) is 5.82 Å². The van der Waals surface area contributed by atoms with E-state index in [-0.39, 0.29) is 5.56 Å². The summed E-state index contributed by atoms with van der Waals surface area (Å²) in [6.07, 6.45) is -1.89. The first-order valence-corrected chi connectivity index (χ1v) is 8.36. The number of ether oxygens (including phenoxy) is 2. The van der Waals surface area contributed by atoms with E-state index in [1.54, 1.807) is 30.3 Å². The molecule has 26 heavy (non-hydrogen) atoms. The van der Waals surface area contributed by atoms with Gasteiger partial charge in [-0.15, -0.1) is 0 Å². The summed E-state index contributed by atoms with van der Waals surface area (Å²) < 4.78 is 53.0. The molecule has 0 amide bonds. The first-order chi connectivity index (χ1) is 12.4. The van der Waals surface area contributed by atoms with Crippen molar-refractivity contribution in [3.8, 4) is 11.5 Å². The van der Waals surface area contributed by atoms with E-state index in [2.05, 4.69) is 0 Å². The lowest BCUT2D eigenvalue weighted by Crippen LogP contribution is -2.22. The minimum atomic E-state index is -3.63. The van der Waals surface area contributed by atoms with Gasteiger partial charge in [0.1, 0.15) is 5.75 Å². The van der Waals surface area contributed by atoms with Crippen LogP contribution in [0.15, 0.2) is 54.6 Å². The van der Waals surface area contributed by atoms with Crippen LogP contribution in [0.4, 0.5) is 13.2 Å². The summed E-state index contributed by atoms with van der Waals surface area (Å²) in [6.45, 7) is 2.02. The van der Waals surface area contributed by atoms with E-state index in [1.165, 1.54) is 25.3 Å². The van der Waals surface area contributed by atoms with Crippen molar-refractivity contribution in [1.82, 2.24) is 0 Å². The number of aryl methyl sites for hydroxylation is 1. The molecule has 0 saturated carbocycles. The summed E-state index contributed by atoms with van der Waals surface area (Å²) in [5.74, 6) is -0.790. The van der Waals surface area contributed by atoms with Gasteiger partial charge in [-0.2, -0.15) is 8.78 Å². The molecule has 0 unspecified atom stereocenters. The maximum absolute atomic E-state index is 14.4. The summed E-state index contributed by atoms with van der Waals surface area (Å²) in [6, 6.07) is 13.3. The number of hydrogen-bond donors (Lipinski definition) is 0. The third-order valence-corrected chi connectivity index (χ3v) is 4.16. The van der Waals surface area contributed by atoms with Gasteiger partial charge < -0.3 is 9.47 Å². The maximum Gasteiger partial charge on any atom is 0.426 e. The van der Waals surface area contributed by atoms with Gasteiger partial charge in [-0.1, -0.05) is 31.5 Å². The molecule has 0 radical (unpaired) electrons. The summed E-state index contributed by atoms with van der Waals surface area (Å²) in [5, 5.41) is 1.12. The predicted molar refractivity (Wildman–Crippen MR) is 95.4 cm³/mol. The molecule has 0 fully saturated rings. The first-order valence-electron chi connectivity index (χ1n) is 8.36. The zero-order valence-electron chi connectivity index (χ0n) is 14.6. The fraction of sp³-hybridized carbons (Fsp3) is 0.238. The number of methoxy groups -OCH3 is 1. The third-order valence-electron chi connectivity index (χ3n) is 4.16. The van der Waals surface area contributed by atoms with E-state index in [9.17, 15) is 13.2 Å². The predicted octanol–water partition coefficient (Wildman–Crippen LogP) is 6.07. The molecule has 136 valence electrons. The van der Waals surface area contributed by atoms with Crippen LogP contribution in [-0.4, -0.2) is 7.11 Å². The number of halogens is 3. The van der Waals surface area contributed by atoms with Gasteiger partial charge in [0.2, 0.25) is 0 Å². The van der Waals surface area contributed by atoms with Crippen molar-refractivity contribution in [2.75, 3.05) is 7.11 Å².